The molecule has 1 aromatic carbocycles. The molecule has 2 saturated heterocycles. The van der Waals surface area contributed by atoms with Crippen molar-refractivity contribution in [2.75, 3.05) is 13.1 Å². The second-order valence-corrected chi connectivity index (χ2v) is 8.37. The number of benzene rings is 1. The first-order chi connectivity index (χ1) is 10.3. The zero-order valence-corrected chi connectivity index (χ0v) is 13.5. The van der Waals surface area contributed by atoms with Crippen molar-refractivity contribution >= 4 is 21.4 Å². The van der Waals surface area contributed by atoms with Crippen LogP contribution in [0.2, 0.25) is 0 Å². The summed E-state index contributed by atoms with van der Waals surface area (Å²) < 4.78 is 1.52. The van der Waals surface area contributed by atoms with Gasteiger partial charge in [-0.05, 0) is 48.1 Å². The quantitative estimate of drug-likeness (QED) is 0.740. The summed E-state index contributed by atoms with van der Waals surface area (Å²) >= 11 is 2.11. The van der Waals surface area contributed by atoms with Crippen molar-refractivity contribution < 1.29 is 0 Å². The number of hydrogen-bond acceptors (Lipinski definition) is 2. The molecule has 4 bridgehead atoms. The van der Waals surface area contributed by atoms with Gasteiger partial charge in [0.05, 0.1) is 0 Å². The summed E-state index contributed by atoms with van der Waals surface area (Å²) in [4.78, 5) is 4.62. The third-order valence-corrected chi connectivity index (χ3v) is 7.62. The molecule has 4 heterocycles. The molecule has 0 radical (unpaired) electrons. The molecule has 1 aliphatic carbocycles. The Kier molecular flexibility index (Phi) is 2.75. The van der Waals surface area contributed by atoms with Crippen LogP contribution in [-0.2, 0) is 6.42 Å². The van der Waals surface area contributed by atoms with Crippen molar-refractivity contribution in [1.82, 2.24) is 4.90 Å². The van der Waals surface area contributed by atoms with Gasteiger partial charge < -0.3 is 0 Å². The standard InChI is InChI=1S/C19H23NS/c1-2-13-9-12-10-16-18(13)20(11-12)8-7-15-14-5-3-4-6-17(14)21-19(15)16/h3-6,12-13,16,18H,2,7-11H2,1H3. The second kappa shape index (κ2) is 4.57. The van der Waals surface area contributed by atoms with Gasteiger partial charge >= 0.3 is 0 Å². The van der Waals surface area contributed by atoms with Gasteiger partial charge in [-0.2, -0.15) is 0 Å². The predicted octanol–water partition coefficient (Wildman–Crippen LogP) is 4.66. The third kappa shape index (κ3) is 1.72. The molecule has 5 atom stereocenters. The zero-order chi connectivity index (χ0) is 14.0. The van der Waals surface area contributed by atoms with Crippen molar-refractivity contribution in [2.45, 2.75) is 44.6 Å². The van der Waals surface area contributed by atoms with Crippen LogP contribution >= 0.6 is 11.3 Å². The van der Waals surface area contributed by atoms with Crippen molar-refractivity contribution in [1.29, 1.82) is 0 Å². The summed E-state index contributed by atoms with van der Waals surface area (Å²) in [5.41, 5.74) is 1.70. The Hall–Kier alpha value is -0.860. The minimum atomic E-state index is 0.831. The number of thiophene rings is 1. The fourth-order valence-electron chi connectivity index (χ4n) is 5.49. The van der Waals surface area contributed by atoms with Crippen LogP contribution in [0.4, 0.5) is 0 Å². The van der Waals surface area contributed by atoms with E-state index in [2.05, 4.69) is 47.4 Å². The van der Waals surface area contributed by atoms with E-state index in [-0.39, 0.29) is 0 Å². The molecular weight excluding hydrogens is 274 g/mol. The number of fused-ring (bicyclic) bond motifs is 4. The molecule has 3 aliphatic heterocycles. The van der Waals surface area contributed by atoms with Gasteiger partial charge in [-0.3, -0.25) is 4.90 Å². The molecule has 2 heteroatoms. The average molecular weight is 297 g/mol. The normalized spacial score (nSPS) is 37.5. The van der Waals surface area contributed by atoms with Crippen LogP contribution in [0.25, 0.3) is 10.1 Å². The Morgan fingerprint density at radius 1 is 1.24 bits per heavy atom. The molecule has 5 unspecified atom stereocenters. The molecule has 1 aromatic heterocycles. The Balaban J connectivity index is 1.69. The molecule has 4 aliphatic rings. The van der Waals surface area contributed by atoms with E-state index < -0.39 is 0 Å². The van der Waals surface area contributed by atoms with E-state index in [1.807, 2.05) is 0 Å². The highest BCUT2D eigenvalue weighted by Crippen LogP contribution is 2.53. The van der Waals surface area contributed by atoms with Crippen LogP contribution in [0.5, 0.6) is 0 Å². The number of rotatable bonds is 1. The number of piperidine rings is 2. The highest BCUT2D eigenvalue weighted by atomic mass is 32.1. The van der Waals surface area contributed by atoms with Crippen LogP contribution in [0.3, 0.4) is 0 Å². The van der Waals surface area contributed by atoms with Crippen molar-refractivity contribution in [3.63, 3.8) is 0 Å². The Morgan fingerprint density at radius 3 is 3.05 bits per heavy atom. The maximum atomic E-state index is 2.86. The van der Waals surface area contributed by atoms with E-state index in [0.717, 1.165) is 23.8 Å². The minimum absolute atomic E-state index is 0.831. The first-order valence-electron chi connectivity index (χ1n) is 8.59. The van der Waals surface area contributed by atoms with Gasteiger partial charge in [0.15, 0.2) is 0 Å². The van der Waals surface area contributed by atoms with Gasteiger partial charge in [0.25, 0.3) is 0 Å². The highest BCUT2D eigenvalue weighted by molar-refractivity contribution is 7.19. The monoisotopic (exact) mass is 297 g/mol. The van der Waals surface area contributed by atoms with Crippen molar-refractivity contribution in [3.05, 3.63) is 34.7 Å². The van der Waals surface area contributed by atoms with E-state index in [1.54, 1.807) is 15.8 Å². The van der Waals surface area contributed by atoms with Crippen LogP contribution in [0, 0.1) is 11.8 Å². The Morgan fingerprint density at radius 2 is 2.14 bits per heavy atom. The minimum Gasteiger partial charge on any atom is -0.299 e. The topological polar surface area (TPSA) is 3.24 Å². The Bertz CT molecular complexity index is 688. The van der Waals surface area contributed by atoms with Gasteiger partial charge in [-0.1, -0.05) is 31.5 Å². The van der Waals surface area contributed by atoms with E-state index in [4.69, 9.17) is 0 Å². The maximum absolute atomic E-state index is 2.86. The summed E-state index contributed by atoms with van der Waals surface area (Å²) in [5.74, 6) is 2.73. The first-order valence-corrected chi connectivity index (χ1v) is 9.41. The van der Waals surface area contributed by atoms with Crippen LogP contribution in [-0.4, -0.2) is 24.0 Å². The lowest BCUT2D eigenvalue weighted by Crippen LogP contribution is -2.55. The smallest absolute Gasteiger partial charge is 0.0348 e. The van der Waals surface area contributed by atoms with Crippen LogP contribution in [0.15, 0.2) is 24.3 Å². The SMILES string of the molecule is CCC1CC2CC3c4sc5ccccc5c4CCN(C2)C13. The summed E-state index contributed by atoms with van der Waals surface area (Å²) in [6.45, 7) is 5.08. The molecular formula is C19H23NS. The van der Waals surface area contributed by atoms with E-state index >= 15 is 0 Å². The fraction of sp³-hybridized carbons (Fsp3) is 0.579. The number of hydrogen-bond donors (Lipinski definition) is 0. The summed E-state index contributed by atoms with van der Waals surface area (Å²) in [6, 6.07) is 9.93. The Labute approximate surface area is 131 Å². The molecule has 0 amide bonds. The lowest BCUT2D eigenvalue weighted by molar-refractivity contribution is -0.0118. The highest BCUT2D eigenvalue weighted by Gasteiger charge is 2.48. The lowest BCUT2D eigenvalue weighted by Gasteiger charge is -2.53. The maximum Gasteiger partial charge on any atom is 0.0348 e. The molecule has 3 fully saturated rings. The van der Waals surface area contributed by atoms with Gasteiger partial charge in [0, 0.05) is 34.6 Å². The second-order valence-electron chi connectivity index (χ2n) is 7.29. The summed E-state index contributed by atoms with van der Waals surface area (Å²) in [5, 5.41) is 1.55. The zero-order valence-electron chi connectivity index (χ0n) is 12.7. The molecule has 1 nitrogen and oxygen atoms in total. The molecule has 0 spiro atoms. The van der Waals surface area contributed by atoms with Gasteiger partial charge in [0.1, 0.15) is 0 Å². The van der Waals surface area contributed by atoms with Gasteiger partial charge in [-0.15, -0.1) is 11.3 Å². The van der Waals surface area contributed by atoms with Crippen LogP contribution < -0.4 is 0 Å². The van der Waals surface area contributed by atoms with Crippen LogP contribution in [0.1, 0.15) is 42.5 Å². The van der Waals surface area contributed by atoms with Gasteiger partial charge in [-0.25, -0.2) is 0 Å². The molecule has 1 saturated carbocycles. The molecule has 0 N–H and O–H groups in total. The molecule has 2 aromatic rings. The largest absolute Gasteiger partial charge is 0.299 e. The molecule has 6 rings (SSSR count). The van der Waals surface area contributed by atoms with Gasteiger partial charge in [0.2, 0.25) is 0 Å². The van der Waals surface area contributed by atoms with E-state index in [9.17, 15) is 0 Å². The predicted molar refractivity (Wildman–Crippen MR) is 90.1 cm³/mol. The van der Waals surface area contributed by atoms with Crippen molar-refractivity contribution in [3.8, 4) is 0 Å². The third-order valence-electron chi connectivity index (χ3n) is 6.27. The molecule has 110 valence electrons. The van der Waals surface area contributed by atoms with E-state index in [0.29, 0.717) is 0 Å². The van der Waals surface area contributed by atoms with E-state index in [1.165, 1.54) is 43.5 Å². The molecule has 21 heavy (non-hydrogen) atoms. The summed E-state index contributed by atoms with van der Waals surface area (Å²) in [7, 11) is 0. The number of nitrogens with zero attached hydrogens (tertiary/aromatic N) is 1. The average Bonchev–Trinajstić information content (AvgIpc) is 2.86. The summed E-state index contributed by atoms with van der Waals surface area (Å²) in [6.07, 6.45) is 5.59. The van der Waals surface area contributed by atoms with Crippen molar-refractivity contribution in [2.24, 2.45) is 11.8 Å². The lowest BCUT2D eigenvalue weighted by atomic mass is 9.66. The first kappa shape index (κ1) is 12.7. The fourth-order valence-corrected chi connectivity index (χ4v) is 6.89.